The Morgan fingerprint density at radius 1 is 0.688 bits per heavy atom. The molecule has 1 saturated heterocycles. The number of nitrogens with zero attached hydrogens (tertiary/aromatic N) is 3. The zero-order chi connectivity index (χ0) is 22.2. The predicted octanol–water partition coefficient (Wildman–Crippen LogP) is 2.42. The van der Waals surface area contributed by atoms with Crippen LogP contribution >= 0.6 is 0 Å². The van der Waals surface area contributed by atoms with E-state index in [1.807, 2.05) is 42.5 Å². The highest BCUT2D eigenvalue weighted by Crippen LogP contribution is 2.23. The van der Waals surface area contributed by atoms with Gasteiger partial charge in [0, 0.05) is 31.7 Å². The van der Waals surface area contributed by atoms with Gasteiger partial charge >= 0.3 is 0 Å². The van der Waals surface area contributed by atoms with Gasteiger partial charge in [0.1, 0.15) is 6.54 Å². The SMILES string of the molecule is O=C(CN1C(=O)c2ccccc2C1=O)N1CCN(C(=O)c2cccc3ccccc23)CC1. The van der Waals surface area contributed by atoms with Gasteiger partial charge in [-0.2, -0.15) is 0 Å². The van der Waals surface area contributed by atoms with E-state index < -0.39 is 11.8 Å². The Hall–Kier alpha value is -4.00. The fraction of sp³-hybridized carbons (Fsp3) is 0.200. The van der Waals surface area contributed by atoms with Crippen molar-refractivity contribution < 1.29 is 19.2 Å². The summed E-state index contributed by atoms with van der Waals surface area (Å²) in [6, 6.07) is 20.0. The molecule has 7 nitrogen and oxygen atoms in total. The number of fused-ring (bicyclic) bond motifs is 2. The molecule has 2 aliphatic rings. The molecule has 2 aliphatic heterocycles. The second-order valence-corrected chi connectivity index (χ2v) is 7.94. The molecule has 5 rings (SSSR count). The van der Waals surface area contributed by atoms with Gasteiger partial charge in [-0.05, 0) is 29.0 Å². The van der Waals surface area contributed by atoms with E-state index in [9.17, 15) is 19.2 Å². The maximum atomic E-state index is 13.1. The van der Waals surface area contributed by atoms with Crippen molar-refractivity contribution in [2.75, 3.05) is 32.7 Å². The van der Waals surface area contributed by atoms with Crippen LogP contribution in [0, 0.1) is 0 Å². The van der Waals surface area contributed by atoms with Gasteiger partial charge in [0.15, 0.2) is 0 Å². The van der Waals surface area contributed by atoms with Crippen LogP contribution in [0.15, 0.2) is 66.7 Å². The zero-order valence-corrected chi connectivity index (χ0v) is 17.4. The lowest BCUT2D eigenvalue weighted by Crippen LogP contribution is -2.53. The lowest BCUT2D eigenvalue weighted by molar-refractivity contribution is -0.132. The van der Waals surface area contributed by atoms with Crippen molar-refractivity contribution in [1.29, 1.82) is 0 Å². The minimum absolute atomic E-state index is 0.0609. The minimum atomic E-state index is -0.441. The third kappa shape index (κ3) is 3.32. The average Bonchev–Trinajstić information content (AvgIpc) is 3.08. The molecular formula is C25H21N3O4. The van der Waals surface area contributed by atoms with Crippen LogP contribution in [0.4, 0.5) is 0 Å². The molecule has 160 valence electrons. The van der Waals surface area contributed by atoms with E-state index in [4.69, 9.17) is 0 Å². The maximum absolute atomic E-state index is 13.1. The lowest BCUT2D eigenvalue weighted by Gasteiger charge is -2.35. The third-order valence-corrected chi connectivity index (χ3v) is 6.11. The highest BCUT2D eigenvalue weighted by atomic mass is 16.2. The molecule has 0 unspecified atom stereocenters. The summed E-state index contributed by atoms with van der Waals surface area (Å²) in [6.45, 7) is 1.23. The first-order valence-corrected chi connectivity index (χ1v) is 10.5. The maximum Gasteiger partial charge on any atom is 0.262 e. The summed E-state index contributed by atoms with van der Waals surface area (Å²) in [7, 11) is 0. The standard InChI is InChI=1S/C25H21N3O4/c29-22(16-28-24(31)20-9-3-4-10-21(20)25(28)32)26-12-14-27(15-13-26)23(30)19-11-5-7-17-6-1-2-8-18(17)19/h1-11H,12-16H2. The van der Waals surface area contributed by atoms with Crippen molar-refractivity contribution >= 4 is 34.4 Å². The summed E-state index contributed by atoms with van der Waals surface area (Å²) in [5.41, 5.74) is 1.31. The number of imide groups is 1. The van der Waals surface area contributed by atoms with Crippen molar-refractivity contribution in [2.24, 2.45) is 0 Å². The van der Waals surface area contributed by atoms with Crippen LogP contribution < -0.4 is 0 Å². The first-order chi connectivity index (χ1) is 15.5. The fourth-order valence-corrected chi connectivity index (χ4v) is 4.36. The number of carbonyl (C=O) groups is 4. The Morgan fingerprint density at radius 2 is 1.25 bits per heavy atom. The van der Waals surface area contributed by atoms with Gasteiger partial charge < -0.3 is 9.80 Å². The van der Waals surface area contributed by atoms with E-state index in [1.165, 1.54) is 0 Å². The van der Waals surface area contributed by atoms with Crippen LogP contribution in [-0.2, 0) is 4.79 Å². The first kappa shape index (κ1) is 19.9. The van der Waals surface area contributed by atoms with Crippen molar-refractivity contribution in [2.45, 2.75) is 0 Å². The molecule has 32 heavy (non-hydrogen) atoms. The smallest absolute Gasteiger partial charge is 0.262 e. The van der Waals surface area contributed by atoms with Gasteiger partial charge in [-0.3, -0.25) is 24.1 Å². The van der Waals surface area contributed by atoms with Crippen LogP contribution in [0.5, 0.6) is 0 Å². The molecule has 1 fully saturated rings. The Morgan fingerprint density at radius 3 is 1.94 bits per heavy atom. The molecule has 0 aromatic heterocycles. The van der Waals surface area contributed by atoms with Crippen molar-refractivity contribution in [1.82, 2.24) is 14.7 Å². The second-order valence-electron chi connectivity index (χ2n) is 7.94. The molecule has 3 aromatic rings. The van der Waals surface area contributed by atoms with Crippen LogP contribution in [0.25, 0.3) is 10.8 Å². The zero-order valence-electron chi connectivity index (χ0n) is 17.4. The summed E-state index contributed by atoms with van der Waals surface area (Å²) in [5.74, 6) is -1.24. The Balaban J connectivity index is 1.23. The molecule has 3 aromatic carbocycles. The van der Waals surface area contributed by atoms with Gasteiger partial charge in [-0.1, -0.05) is 48.5 Å². The monoisotopic (exact) mass is 427 g/mol. The molecule has 0 radical (unpaired) electrons. The third-order valence-electron chi connectivity index (χ3n) is 6.11. The Labute approximate surface area is 184 Å². The van der Waals surface area contributed by atoms with Gasteiger partial charge in [-0.15, -0.1) is 0 Å². The molecule has 0 aliphatic carbocycles. The van der Waals surface area contributed by atoms with Crippen molar-refractivity contribution in [3.8, 4) is 0 Å². The second kappa shape index (κ2) is 7.92. The largest absolute Gasteiger partial charge is 0.338 e. The van der Waals surface area contributed by atoms with E-state index in [1.54, 1.807) is 34.1 Å². The van der Waals surface area contributed by atoms with E-state index in [0.717, 1.165) is 15.7 Å². The van der Waals surface area contributed by atoms with Crippen molar-refractivity contribution in [3.05, 3.63) is 83.4 Å². The molecule has 0 bridgehead atoms. The first-order valence-electron chi connectivity index (χ1n) is 10.5. The number of benzene rings is 3. The number of rotatable bonds is 3. The number of piperazine rings is 1. The fourth-order valence-electron chi connectivity index (χ4n) is 4.36. The number of carbonyl (C=O) groups excluding carboxylic acids is 4. The molecule has 7 heteroatoms. The van der Waals surface area contributed by atoms with Crippen molar-refractivity contribution in [3.63, 3.8) is 0 Å². The quantitative estimate of drug-likeness (QED) is 0.602. The van der Waals surface area contributed by atoms with Crippen LogP contribution in [-0.4, -0.2) is 71.1 Å². The highest BCUT2D eigenvalue weighted by molar-refractivity contribution is 6.22. The Bertz CT molecular complexity index is 1220. The van der Waals surface area contributed by atoms with Gasteiger partial charge in [0.2, 0.25) is 5.91 Å². The van der Waals surface area contributed by atoms with Gasteiger partial charge in [0.05, 0.1) is 11.1 Å². The normalized spacial score (nSPS) is 15.9. The predicted molar refractivity (Wildman–Crippen MR) is 118 cm³/mol. The molecule has 4 amide bonds. The summed E-state index contributed by atoms with van der Waals surface area (Å²) < 4.78 is 0. The summed E-state index contributed by atoms with van der Waals surface area (Å²) in [5, 5.41) is 1.91. The minimum Gasteiger partial charge on any atom is -0.338 e. The summed E-state index contributed by atoms with van der Waals surface area (Å²) in [4.78, 5) is 55.3. The van der Waals surface area contributed by atoms with Crippen LogP contribution in [0.2, 0.25) is 0 Å². The molecular weight excluding hydrogens is 406 g/mol. The summed E-state index contributed by atoms with van der Waals surface area (Å²) in [6.07, 6.45) is 0. The molecule has 0 N–H and O–H groups in total. The molecule has 0 saturated carbocycles. The topological polar surface area (TPSA) is 78.0 Å². The molecule has 0 atom stereocenters. The van der Waals surface area contributed by atoms with Gasteiger partial charge in [0.25, 0.3) is 17.7 Å². The summed E-state index contributed by atoms with van der Waals surface area (Å²) >= 11 is 0. The highest BCUT2D eigenvalue weighted by Gasteiger charge is 2.37. The lowest BCUT2D eigenvalue weighted by atomic mass is 10.0. The van der Waals surface area contributed by atoms with E-state index >= 15 is 0 Å². The molecule has 0 spiro atoms. The average molecular weight is 427 g/mol. The van der Waals surface area contributed by atoms with Crippen LogP contribution in [0.3, 0.4) is 0 Å². The van der Waals surface area contributed by atoms with E-state index in [2.05, 4.69) is 0 Å². The van der Waals surface area contributed by atoms with E-state index in [-0.39, 0.29) is 18.4 Å². The number of hydrogen-bond acceptors (Lipinski definition) is 4. The van der Waals surface area contributed by atoms with Crippen LogP contribution in [0.1, 0.15) is 31.1 Å². The van der Waals surface area contributed by atoms with Gasteiger partial charge in [-0.25, -0.2) is 0 Å². The van der Waals surface area contributed by atoms with E-state index in [0.29, 0.717) is 42.9 Å². The Kier molecular flexibility index (Phi) is 4.93. The number of hydrogen-bond donors (Lipinski definition) is 0. The number of amides is 4. The molecule has 2 heterocycles.